The quantitative estimate of drug-likeness (QED) is 0.0196. The summed E-state index contributed by atoms with van der Waals surface area (Å²) in [5, 5.41) is 25.1. The van der Waals surface area contributed by atoms with E-state index in [0.29, 0.717) is 88.0 Å². The highest BCUT2D eigenvalue weighted by Gasteiger charge is 2.37. The van der Waals surface area contributed by atoms with E-state index >= 15 is 0 Å². The number of halogens is 1. The van der Waals surface area contributed by atoms with Crippen LogP contribution in [-0.4, -0.2) is 201 Å². The normalized spacial score (nSPS) is 19.0. The number of amides is 6. The lowest BCUT2D eigenvalue weighted by atomic mass is 9.90. The molecule has 5 fully saturated rings. The van der Waals surface area contributed by atoms with Gasteiger partial charge < -0.3 is 62.1 Å². The molecule has 11 aromatic rings. The number of hydrogen-bond donors (Lipinski definition) is 7. The molecule has 5 aliphatic heterocycles. The fraction of sp³-hybridized carbons (Fsp3) is 0.352. The lowest BCUT2D eigenvalue weighted by Gasteiger charge is -2.30. The number of carbonyl (C=O) groups is 6. The molecule has 0 unspecified atom stereocenters. The van der Waals surface area contributed by atoms with Crippen LogP contribution >= 0.6 is 11.6 Å². The van der Waals surface area contributed by atoms with E-state index in [4.69, 9.17) is 17.3 Å². The molecule has 6 atom stereocenters. The first kappa shape index (κ1) is 91.8. The Morgan fingerprint density at radius 1 is 0.370 bits per heavy atom. The van der Waals surface area contributed by atoms with Crippen molar-refractivity contribution in [3.8, 4) is 0 Å². The Balaban J connectivity index is 0.000000155. The van der Waals surface area contributed by atoms with Gasteiger partial charge in [0.15, 0.2) is 0 Å². The van der Waals surface area contributed by atoms with Crippen LogP contribution in [0.3, 0.4) is 0 Å². The van der Waals surface area contributed by atoms with Gasteiger partial charge in [0.25, 0.3) is 11.8 Å². The summed E-state index contributed by atoms with van der Waals surface area (Å²) in [6.45, 7) is 12.3. The molecular formula is C108H125ClN12O6. The summed E-state index contributed by atoms with van der Waals surface area (Å²) in [7, 11) is 0. The van der Waals surface area contributed by atoms with Crippen molar-refractivity contribution in [1.29, 1.82) is 0 Å². The molecule has 0 radical (unpaired) electrons. The Kier molecular flexibility index (Phi) is 34.6. The van der Waals surface area contributed by atoms with Gasteiger partial charge in [-0.3, -0.25) is 28.8 Å². The van der Waals surface area contributed by atoms with Gasteiger partial charge in [0.05, 0.1) is 18.1 Å². The van der Waals surface area contributed by atoms with Gasteiger partial charge in [0, 0.05) is 117 Å². The molecule has 0 bridgehead atoms. The highest BCUT2D eigenvalue weighted by molar-refractivity contribution is 6.30. The van der Waals surface area contributed by atoms with Crippen LogP contribution < -0.4 is 37.6 Å². The molecule has 0 spiro atoms. The fourth-order valence-electron chi connectivity index (χ4n) is 18.6. The van der Waals surface area contributed by atoms with Gasteiger partial charge in [-0.15, -0.1) is 0 Å². The number of rotatable bonds is 32. The van der Waals surface area contributed by atoms with Crippen molar-refractivity contribution in [2.75, 3.05) is 105 Å². The average Bonchev–Trinajstić information content (AvgIpc) is 1.75. The van der Waals surface area contributed by atoms with Crippen molar-refractivity contribution in [2.45, 2.75) is 137 Å². The molecule has 5 aliphatic rings. The highest BCUT2D eigenvalue weighted by Crippen LogP contribution is 2.32. The standard InChI is InChI=1S/C38H44N4O2.C37H45ClN4O2.C33H36N4O2/c43-37(33-20-19-29-12-7-8-17-32(29)26-33)39-27-34-21-25-42(38(44)36(40-34)18-11-24-41-22-9-10-23-41)28-35(30-13-3-1-4-14-30)31-15-5-2-6-16-31;38-32-19-16-29(17-20-32)18-21-36(43)39-27-33-22-26-42(37(44)35(40-33)15-10-25-41-23-8-3-9-24-41)28-34(30-11-4-1-5-12-30)31-13-6-2-7-14-31;34-19-17-31-33(39)37(23-30(25-10-3-1-4-11-25)26-12-5-2-6-13-26)20-18-29(36-31)22-35-32(38)28-16-15-24-9-7-8-14-27(24)21-28/h1-8,12-17,19-20,26,34-36,40H,9-11,18,21-25,27-28H2,(H,39,43);1-2,4-7,11-14,16-21,33-35,40H,3,8-10,15,22-28H2,(H,39,43);1-16,21,29-31,36H,17-20,22-23,34H2,(H,35,38)/b;21-18+;/t34-,36-;33-,35-;29-,31-/m000/s1. The lowest BCUT2D eigenvalue weighted by Crippen LogP contribution is -2.49. The molecule has 0 aliphatic carbocycles. The fourth-order valence-corrected chi connectivity index (χ4v) is 18.7. The van der Waals surface area contributed by atoms with E-state index in [1.807, 2.05) is 169 Å². The number of likely N-dealkylation sites (tertiary alicyclic amines) is 2. The summed E-state index contributed by atoms with van der Waals surface area (Å²) in [6.07, 6.45) is 16.1. The summed E-state index contributed by atoms with van der Waals surface area (Å²) in [6, 6.07) is 96.8. The molecule has 6 amide bonds. The number of nitrogens with one attached hydrogen (secondary N) is 6. The maximum absolute atomic E-state index is 14.2. The monoisotopic (exact) mass is 1720 g/mol. The highest BCUT2D eigenvalue weighted by atomic mass is 35.5. The van der Waals surface area contributed by atoms with Gasteiger partial charge in [0.1, 0.15) is 0 Å². The first-order valence-corrected chi connectivity index (χ1v) is 46.5. The Hall–Kier alpha value is -11.5. The first-order chi connectivity index (χ1) is 62.3. The smallest absolute Gasteiger partial charge is 0.251 e. The molecule has 127 heavy (non-hydrogen) atoms. The van der Waals surface area contributed by atoms with Gasteiger partial charge in [0.2, 0.25) is 23.6 Å². The Morgan fingerprint density at radius 3 is 1.03 bits per heavy atom. The number of nitrogens with zero attached hydrogens (tertiary/aromatic N) is 5. The third-order valence-corrected chi connectivity index (χ3v) is 26.0. The minimum atomic E-state index is -0.382. The topological polar surface area (TPSA) is 217 Å². The van der Waals surface area contributed by atoms with Crippen molar-refractivity contribution >= 4 is 74.7 Å². The third-order valence-electron chi connectivity index (χ3n) is 25.7. The van der Waals surface area contributed by atoms with E-state index < -0.39 is 0 Å². The number of fused-ring (bicyclic) bond motifs is 2. The van der Waals surface area contributed by atoms with Crippen molar-refractivity contribution in [1.82, 2.24) is 56.4 Å². The zero-order valence-electron chi connectivity index (χ0n) is 73.2. The van der Waals surface area contributed by atoms with Crippen LogP contribution in [-0.2, 0) is 19.2 Å². The largest absolute Gasteiger partial charge is 0.351 e. The molecular weight excluding hydrogens is 1600 g/mol. The van der Waals surface area contributed by atoms with Crippen LogP contribution in [0.5, 0.6) is 0 Å². The summed E-state index contributed by atoms with van der Waals surface area (Å²) in [4.78, 5) is 92.0. The van der Waals surface area contributed by atoms with E-state index in [9.17, 15) is 28.8 Å². The molecule has 0 aromatic heterocycles. The second-order valence-electron chi connectivity index (χ2n) is 34.6. The van der Waals surface area contributed by atoms with Crippen LogP contribution in [0.4, 0.5) is 0 Å². The minimum Gasteiger partial charge on any atom is -0.351 e. The van der Waals surface area contributed by atoms with Crippen molar-refractivity contribution in [2.24, 2.45) is 5.73 Å². The number of benzene rings is 11. The van der Waals surface area contributed by atoms with Crippen molar-refractivity contribution in [3.05, 3.63) is 352 Å². The Bertz CT molecular complexity index is 5180. The third kappa shape index (κ3) is 27.1. The first-order valence-electron chi connectivity index (χ1n) is 46.2. The molecule has 19 heteroatoms. The molecule has 18 nitrogen and oxygen atoms in total. The second kappa shape index (κ2) is 47.9. The predicted octanol–water partition coefficient (Wildman–Crippen LogP) is 16.3. The molecule has 5 saturated heterocycles. The molecule has 11 aromatic carbocycles. The van der Waals surface area contributed by atoms with E-state index in [2.05, 4.69) is 179 Å². The zero-order valence-corrected chi connectivity index (χ0v) is 74.0. The number of piperidine rings is 1. The molecule has 8 N–H and O–H groups in total. The summed E-state index contributed by atoms with van der Waals surface area (Å²) in [5.41, 5.74) is 15.3. The maximum atomic E-state index is 14.2. The van der Waals surface area contributed by atoms with E-state index in [0.717, 1.165) is 111 Å². The van der Waals surface area contributed by atoms with Gasteiger partial charge in [-0.2, -0.15) is 0 Å². The molecule has 5 heterocycles. The number of carbonyl (C=O) groups excluding carboxylic acids is 6. The van der Waals surface area contributed by atoms with Gasteiger partial charge in [-0.05, 0) is 226 Å². The van der Waals surface area contributed by atoms with E-state index in [-0.39, 0.29) is 89.4 Å². The lowest BCUT2D eigenvalue weighted by molar-refractivity contribution is -0.133. The van der Waals surface area contributed by atoms with Gasteiger partial charge >= 0.3 is 0 Å². The van der Waals surface area contributed by atoms with Crippen LogP contribution in [0.2, 0.25) is 5.02 Å². The molecule has 16 rings (SSSR count). The summed E-state index contributed by atoms with van der Waals surface area (Å²) >= 11 is 5.98. The van der Waals surface area contributed by atoms with Gasteiger partial charge in [-0.25, -0.2) is 0 Å². The zero-order chi connectivity index (χ0) is 87.7. The Labute approximate surface area is 755 Å². The molecule has 0 saturated carbocycles. The van der Waals surface area contributed by atoms with Crippen molar-refractivity contribution < 1.29 is 28.8 Å². The summed E-state index contributed by atoms with van der Waals surface area (Å²) in [5.74, 6) is 0.315. The van der Waals surface area contributed by atoms with E-state index in [1.54, 1.807) is 12.2 Å². The predicted molar refractivity (Wildman–Crippen MR) is 514 cm³/mol. The van der Waals surface area contributed by atoms with Crippen LogP contribution in [0.25, 0.3) is 27.6 Å². The molecule has 660 valence electrons. The SMILES string of the molecule is NCC[C@@H]1N[C@H](CNC(=O)c2ccc3ccccc3c2)CCN(CC(c2ccccc2)c2ccccc2)C1=O.O=C(/C=C/c1ccc(Cl)cc1)NC[C@@H]1CCN(CC(c2ccccc2)c2ccccc2)C(=O)[C@H](CCCN2CCCCC2)N1.O=C(NC[C@@H]1CCN(CC(c2ccccc2)c2ccccc2)C(=O)[C@H](CCCN2CCCC2)N1)c1ccc2ccccc2c1. The average molecular weight is 1720 g/mol. The van der Waals surface area contributed by atoms with Crippen LogP contribution in [0.15, 0.2) is 297 Å². The Morgan fingerprint density at radius 2 is 0.685 bits per heavy atom. The van der Waals surface area contributed by atoms with Crippen LogP contribution in [0.1, 0.15) is 161 Å². The minimum absolute atomic E-state index is 0.00344. The van der Waals surface area contributed by atoms with Gasteiger partial charge in [-0.1, -0.05) is 273 Å². The number of hydrogen-bond acceptors (Lipinski definition) is 12. The van der Waals surface area contributed by atoms with E-state index in [1.165, 1.54) is 65.5 Å². The van der Waals surface area contributed by atoms with Crippen molar-refractivity contribution in [3.63, 3.8) is 0 Å². The summed E-state index contributed by atoms with van der Waals surface area (Å²) < 4.78 is 0. The number of nitrogens with two attached hydrogens (primary N) is 1. The van der Waals surface area contributed by atoms with Crippen LogP contribution in [0, 0.1) is 0 Å². The maximum Gasteiger partial charge on any atom is 0.251 e. The second-order valence-corrected chi connectivity index (χ2v) is 35.0.